The Labute approximate surface area is 131 Å². The van der Waals surface area contributed by atoms with Gasteiger partial charge in [0.15, 0.2) is 0 Å². The molecule has 1 aromatic rings. The zero-order chi connectivity index (χ0) is 16.3. The molecule has 0 bridgehead atoms. The van der Waals surface area contributed by atoms with E-state index in [1.165, 1.54) is 0 Å². The number of nitrogens with one attached hydrogen (secondary N) is 1. The van der Waals surface area contributed by atoms with Gasteiger partial charge in [0, 0.05) is 31.9 Å². The zero-order valence-corrected chi connectivity index (χ0v) is 13.5. The number of amides is 2. The predicted octanol–water partition coefficient (Wildman–Crippen LogP) is 1.71. The summed E-state index contributed by atoms with van der Waals surface area (Å²) in [6.07, 6.45) is -0.325. The predicted molar refractivity (Wildman–Crippen MR) is 85.2 cm³/mol. The van der Waals surface area contributed by atoms with E-state index >= 15 is 0 Å². The van der Waals surface area contributed by atoms with Gasteiger partial charge in [-0.2, -0.15) is 0 Å². The molecular weight excluding hydrogens is 282 g/mol. The van der Waals surface area contributed by atoms with Crippen LogP contribution in [0.2, 0.25) is 0 Å². The number of hydrogen-bond donors (Lipinski definition) is 1. The summed E-state index contributed by atoms with van der Waals surface area (Å²) in [5.74, 6) is -0.149. The molecule has 1 aliphatic heterocycles. The van der Waals surface area contributed by atoms with E-state index in [1.54, 1.807) is 11.0 Å². The Balaban J connectivity index is 2.00. The van der Waals surface area contributed by atoms with Gasteiger partial charge in [-0.1, -0.05) is 6.07 Å². The quantitative estimate of drug-likeness (QED) is 0.899. The molecule has 22 heavy (non-hydrogen) atoms. The number of nitrogens with zero attached hydrogens (tertiary/aromatic N) is 2. The molecule has 6 heteroatoms. The van der Waals surface area contributed by atoms with Crippen LogP contribution in [0.3, 0.4) is 0 Å². The number of ether oxygens (including phenoxy) is 1. The smallest absolute Gasteiger partial charge is 0.410 e. The summed E-state index contributed by atoms with van der Waals surface area (Å²) in [7, 11) is 3.86. The van der Waals surface area contributed by atoms with Gasteiger partial charge in [-0.05, 0) is 32.0 Å². The molecule has 0 aromatic heterocycles. The first-order chi connectivity index (χ1) is 10.3. The van der Waals surface area contributed by atoms with Crippen molar-refractivity contribution in [2.24, 2.45) is 0 Å². The van der Waals surface area contributed by atoms with Crippen LogP contribution in [0.5, 0.6) is 0 Å². The van der Waals surface area contributed by atoms with Crippen molar-refractivity contribution in [3.63, 3.8) is 0 Å². The van der Waals surface area contributed by atoms with E-state index in [1.807, 2.05) is 51.0 Å². The van der Waals surface area contributed by atoms with Gasteiger partial charge in [-0.3, -0.25) is 9.69 Å². The van der Waals surface area contributed by atoms with Crippen LogP contribution in [-0.2, 0) is 4.74 Å². The molecule has 0 saturated carbocycles. The van der Waals surface area contributed by atoms with Crippen LogP contribution < -0.4 is 10.2 Å². The highest BCUT2D eigenvalue weighted by Gasteiger charge is 2.35. The molecule has 0 radical (unpaired) electrons. The summed E-state index contributed by atoms with van der Waals surface area (Å²) in [6, 6.07) is 7.42. The first kappa shape index (κ1) is 16.1. The Bertz CT molecular complexity index is 570. The SMILES string of the molecule is CN(C)c1cccc(C(=O)NCC(C)(C)N2CCOC2=O)c1. The number of carbonyl (C=O) groups is 2. The molecule has 0 aliphatic carbocycles. The van der Waals surface area contributed by atoms with Crippen molar-refractivity contribution in [3.8, 4) is 0 Å². The van der Waals surface area contributed by atoms with Crippen LogP contribution in [0, 0.1) is 0 Å². The maximum atomic E-state index is 12.3. The maximum Gasteiger partial charge on any atom is 0.410 e. The molecule has 2 amide bonds. The molecule has 0 spiro atoms. The lowest BCUT2D eigenvalue weighted by atomic mass is 10.0. The third-order valence-corrected chi connectivity index (χ3v) is 3.80. The fourth-order valence-corrected chi connectivity index (χ4v) is 2.36. The summed E-state index contributed by atoms with van der Waals surface area (Å²) in [6.45, 7) is 5.15. The average molecular weight is 305 g/mol. The standard InChI is InChI=1S/C16H23N3O3/c1-16(2,19-8-9-22-15(19)21)11-17-14(20)12-6-5-7-13(10-12)18(3)4/h5-7,10H,8-9,11H2,1-4H3,(H,17,20). The Kier molecular flexibility index (Phi) is 4.59. The van der Waals surface area contributed by atoms with Gasteiger partial charge in [0.2, 0.25) is 0 Å². The second kappa shape index (κ2) is 6.25. The number of anilines is 1. The molecular formula is C16H23N3O3. The number of rotatable bonds is 5. The van der Waals surface area contributed by atoms with Gasteiger partial charge in [0.1, 0.15) is 6.61 Å². The van der Waals surface area contributed by atoms with Crippen molar-refractivity contribution in [2.45, 2.75) is 19.4 Å². The first-order valence-electron chi connectivity index (χ1n) is 7.31. The Hall–Kier alpha value is -2.24. The van der Waals surface area contributed by atoms with Crippen LogP contribution in [0.15, 0.2) is 24.3 Å². The van der Waals surface area contributed by atoms with Gasteiger partial charge in [0.25, 0.3) is 5.91 Å². The molecule has 1 N–H and O–H groups in total. The number of cyclic esters (lactones) is 1. The fraction of sp³-hybridized carbons (Fsp3) is 0.500. The summed E-state index contributed by atoms with van der Waals surface area (Å²) in [5, 5.41) is 2.90. The Morgan fingerprint density at radius 2 is 2.14 bits per heavy atom. The van der Waals surface area contributed by atoms with E-state index < -0.39 is 5.54 Å². The molecule has 1 fully saturated rings. The van der Waals surface area contributed by atoms with Crippen molar-refractivity contribution < 1.29 is 14.3 Å². The van der Waals surface area contributed by atoms with E-state index in [0.717, 1.165) is 5.69 Å². The molecule has 1 aromatic carbocycles. The van der Waals surface area contributed by atoms with E-state index in [0.29, 0.717) is 25.3 Å². The fourth-order valence-electron chi connectivity index (χ4n) is 2.36. The molecule has 120 valence electrons. The van der Waals surface area contributed by atoms with Gasteiger partial charge in [-0.25, -0.2) is 4.79 Å². The lowest BCUT2D eigenvalue weighted by molar-refractivity contribution is 0.0903. The highest BCUT2D eigenvalue weighted by molar-refractivity contribution is 5.95. The lowest BCUT2D eigenvalue weighted by Crippen LogP contribution is -2.52. The van der Waals surface area contributed by atoms with E-state index in [9.17, 15) is 9.59 Å². The lowest BCUT2D eigenvalue weighted by Gasteiger charge is -2.33. The third kappa shape index (κ3) is 3.50. The van der Waals surface area contributed by atoms with Crippen molar-refractivity contribution in [3.05, 3.63) is 29.8 Å². The number of hydrogen-bond acceptors (Lipinski definition) is 4. The minimum Gasteiger partial charge on any atom is -0.448 e. The minimum atomic E-state index is -0.484. The Morgan fingerprint density at radius 3 is 2.73 bits per heavy atom. The van der Waals surface area contributed by atoms with Crippen LogP contribution in [0.25, 0.3) is 0 Å². The van der Waals surface area contributed by atoms with Crippen LogP contribution >= 0.6 is 0 Å². The monoisotopic (exact) mass is 305 g/mol. The average Bonchev–Trinajstić information content (AvgIpc) is 2.92. The third-order valence-electron chi connectivity index (χ3n) is 3.80. The van der Waals surface area contributed by atoms with Crippen LogP contribution in [0.4, 0.5) is 10.5 Å². The van der Waals surface area contributed by atoms with Crippen molar-refractivity contribution in [1.29, 1.82) is 0 Å². The van der Waals surface area contributed by atoms with Gasteiger partial charge in [0.05, 0.1) is 12.1 Å². The van der Waals surface area contributed by atoms with Gasteiger partial charge < -0.3 is 15.0 Å². The summed E-state index contributed by atoms with van der Waals surface area (Å²) in [4.78, 5) is 27.5. The van der Waals surface area contributed by atoms with Crippen LogP contribution in [-0.4, -0.2) is 56.2 Å². The van der Waals surface area contributed by atoms with Crippen LogP contribution in [0.1, 0.15) is 24.2 Å². The normalized spacial score (nSPS) is 14.7. The molecule has 6 nitrogen and oxygen atoms in total. The summed E-state index contributed by atoms with van der Waals surface area (Å²) in [5.41, 5.74) is 1.09. The molecule has 0 unspecified atom stereocenters. The molecule has 1 saturated heterocycles. The second-order valence-corrected chi connectivity index (χ2v) is 6.21. The molecule has 1 heterocycles. The molecule has 1 aliphatic rings. The van der Waals surface area contributed by atoms with E-state index in [-0.39, 0.29) is 12.0 Å². The van der Waals surface area contributed by atoms with E-state index in [4.69, 9.17) is 4.74 Å². The van der Waals surface area contributed by atoms with Crippen molar-refractivity contribution in [2.75, 3.05) is 38.7 Å². The molecule has 0 atom stereocenters. The maximum absolute atomic E-state index is 12.3. The zero-order valence-electron chi connectivity index (χ0n) is 13.5. The highest BCUT2D eigenvalue weighted by Crippen LogP contribution is 2.19. The van der Waals surface area contributed by atoms with Gasteiger partial charge >= 0.3 is 6.09 Å². The second-order valence-electron chi connectivity index (χ2n) is 6.21. The molecule has 2 rings (SSSR count). The number of benzene rings is 1. The number of carbonyl (C=O) groups excluding carboxylic acids is 2. The first-order valence-corrected chi connectivity index (χ1v) is 7.31. The highest BCUT2D eigenvalue weighted by atomic mass is 16.6. The van der Waals surface area contributed by atoms with Crippen molar-refractivity contribution in [1.82, 2.24) is 10.2 Å². The topological polar surface area (TPSA) is 61.9 Å². The minimum absolute atomic E-state index is 0.149. The van der Waals surface area contributed by atoms with Crippen molar-refractivity contribution >= 4 is 17.7 Å². The van der Waals surface area contributed by atoms with Gasteiger partial charge in [-0.15, -0.1) is 0 Å². The largest absolute Gasteiger partial charge is 0.448 e. The summed E-state index contributed by atoms with van der Waals surface area (Å²) >= 11 is 0. The van der Waals surface area contributed by atoms with E-state index in [2.05, 4.69) is 5.32 Å². The summed E-state index contributed by atoms with van der Waals surface area (Å²) < 4.78 is 4.95. The Morgan fingerprint density at radius 1 is 1.41 bits per heavy atom.